The molecule has 250 valence electrons. The summed E-state index contributed by atoms with van der Waals surface area (Å²) in [6.45, 7) is 10.5. The highest BCUT2D eigenvalue weighted by molar-refractivity contribution is 5.28. The van der Waals surface area contributed by atoms with E-state index in [0.717, 1.165) is 38.5 Å². The Morgan fingerprint density at radius 1 is 0.955 bits per heavy atom. The van der Waals surface area contributed by atoms with E-state index in [-0.39, 0.29) is 22.9 Å². The van der Waals surface area contributed by atoms with Crippen molar-refractivity contribution in [3.05, 3.63) is 11.6 Å². The Hall–Kier alpha value is -0.660. The zero-order valence-corrected chi connectivity index (χ0v) is 26.8. The van der Waals surface area contributed by atoms with Gasteiger partial charge in [0.1, 0.15) is 35.6 Å². The van der Waals surface area contributed by atoms with Crippen LogP contribution in [0.3, 0.4) is 0 Å². The van der Waals surface area contributed by atoms with Crippen LogP contribution in [-0.4, -0.2) is 104 Å². The van der Waals surface area contributed by atoms with Crippen LogP contribution in [0.2, 0.25) is 0 Å². The van der Waals surface area contributed by atoms with Crippen molar-refractivity contribution in [3.8, 4) is 0 Å². The Labute approximate surface area is 260 Å². The molecule has 6 fully saturated rings. The van der Waals surface area contributed by atoms with Gasteiger partial charge < -0.3 is 49.6 Å². The maximum atomic E-state index is 11.3. The van der Waals surface area contributed by atoms with Gasteiger partial charge in [-0.1, -0.05) is 32.4 Å². The van der Waals surface area contributed by atoms with Crippen molar-refractivity contribution in [3.63, 3.8) is 0 Å². The van der Waals surface area contributed by atoms with Crippen molar-refractivity contribution in [2.24, 2.45) is 40.4 Å². The Morgan fingerprint density at radius 2 is 1.70 bits per heavy atom. The number of epoxide rings is 1. The molecular weight excluding hydrogens is 568 g/mol. The molecule has 0 aromatic rings. The molecular formula is C34H54O10. The van der Waals surface area contributed by atoms with Crippen LogP contribution in [0, 0.1) is 40.4 Å². The van der Waals surface area contributed by atoms with Crippen LogP contribution in [0.4, 0.5) is 0 Å². The number of hydrogen-bond donors (Lipinski definition) is 6. The van der Waals surface area contributed by atoms with E-state index in [0.29, 0.717) is 36.5 Å². The molecule has 7 aliphatic rings. The van der Waals surface area contributed by atoms with Gasteiger partial charge in [-0.15, -0.1) is 0 Å². The van der Waals surface area contributed by atoms with Crippen LogP contribution in [0.5, 0.6) is 0 Å². The van der Waals surface area contributed by atoms with E-state index in [1.807, 2.05) is 6.92 Å². The molecule has 3 saturated carbocycles. The summed E-state index contributed by atoms with van der Waals surface area (Å²) in [6, 6.07) is 0. The van der Waals surface area contributed by atoms with Crippen molar-refractivity contribution < 1.29 is 49.6 Å². The van der Waals surface area contributed by atoms with Crippen LogP contribution in [0.15, 0.2) is 11.6 Å². The number of fused-ring (bicyclic) bond motifs is 6. The Morgan fingerprint density at radius 3 is 2.43 bits per heavy atom. The summed E-state index contributed by atoms with van der Waals surface area (Å²) in [5.74, 6) is 2.17. The quantitative estimate of drug-likeness (QED) is 0.198. The van der Waals surface area contributed by atoms with Gasteiger partial charge in [0.05, 0.1) is 24.9 Å². The molecule has 0 amide bonds. The fourth-order valence-corrected chi connectivity index (χ4v) is 11.3. The average molecular weight is 623 g/mol. The third-order valence-electron chi connectivity index (χ3n) is 14.4. The summed E-state index contributed by atoms with van der Waals surface area (Å²) in [5, 5.41) is 62.5. The number of rotatable bonds is 5. The van der Waals surface area contributed by atoms with Crippen LogP contribution in [0.1, 0.15) is 86.0 Å². The van der Waals surface area contributed by atoms with Crippen LogP contribution in [0.25, 0.3) is 0 Å². The van der Waals surface area contributed by atoms with Gasteiger partial charge in [-0.3, -0.25) is 0 Å². The van der Waals surface area contributed by atoms with Gasteiger partial charge in [0.25, 0.3) is 0 Å². The fraction of sp³-hybridized carbons (Fsp3) is 0.941. The minimum absolute atomic E-state index is 0.143. The van der Waals surface area contributed by atoms with Gasteiger partial charge in [-0.2, -0.15) is 0 Å². The van der Waals surface area contributed by atoms with Crippen LogP contribution in [-0.2, 0) is 18.9 Å². The molecule has 0 unspecified atom stereocenters. The van der Waals surface area contributed by atoms with Gasteiger partial charge in [-0.25, -0.2) is 0 Å². The number of allylic oxidation sites excluding steroid dienone is 1. The van der Waals surface area contributed by atoms with Crippen molar-refractivity contribution in [1.82, 2.24) is 0 Å². The summed E-state index contributed by atoms with van der Waals surface area (Å²) in [6.07, 6.45) is 0.899. The summed E-state index contributed by atoms with van der Waals surface area (Å²) < 4.78 is 24.8. The monoisotopic (exact) mass is 622 g/mol. The lowest BCUT2D eigenvalue weighted by Gasteiger charge is -2.59. The molecule has 10 nitrogen and oxygen atoms in total. The van der Waals surface area contributed by atoms with Crippen LogP contribution < -0.4 is 0 Å². The number of aliphatic hydroxyl groups is 6. The van der Waals surface area contributed by atoms with Gasteiger partial charge in [0.2, 0.25) is 0 Å². The van der Waals surface area contributed by atoms with E-state index < -0.39 is 67.0 Å². The molecule has 7 rings (SSSR count). The molecule has 0 bridgehead atoms. The highest BCUT2D eigenvalue weighted by atomic mass is 16.8. The SMILES string of the molecule is C[C@@H]([C@@H]1C[C@@]2(C)O[C@@]2(C)[C@@H](O[C@@H]2O[C@@H](CO)[C@@H](O)[C@H](O)[C@H]2O)O1)[C@@H]1CC[C@H]2[C@@H]3CC=C4C[C@H](O)C[C@H](O)[C@@]4(C)[C@@H]3CC[C@@]12C. The normalized spacial score (nSPS) is 59.1. The summed E-state index contributed by atoms with van der Waals surface area (Å²) in [7, 11) is 0. The number of hydrogen-bond acceptors (Lipinski definition) is 10. The van der Waals surface area contributed by atoms with E-state index in [4.69, 9.17) is 18.9 Å². The summed E-state index contributed by atoms with van der Waals surface area (Å²) in [5.41, 5.74) is -0.0710. The Balaban J connectivity index is 1.09. The van der Waals surface area contributed by atoms with E-state index >= 15 is 0 Å². The summed E-state index contributed by atoms with van der Waals surface area (Å²) in [4.78, 5) is 0. The maximum Gasteiger partial charge on any atom is 0.192 e. The molecule has 6 N–H and O–H groups in total. The molecule has 44 heavy (non-hydrogen) atoms. The third kappa shape index (κ3) is 4.42. The summed E-state index contributed by atoms with van der Waals surface area (Å²) >= 11 is 0. The molecule has 10 heteroatoms. The smallest absolute Gasteiger partial charge is 0.192 e. The highest BCUT2D eigenvalue weighted by Gasteiger charge is 2.74. The molecule has 0 aromatic heterocycles. The Kier molecular flexibility index (Phi) is 7.74. The van der Waals surface area contributed by atoms with Gasteiger partial charge in [-0.05, 0) is 87.4 Å². The first-order valence-corrected chi connectivity index (χ1v) is 17.0. The van der Waals surface area contributed by atoms with E-state index in [1.54, 1.807) is 0 Å². The second-order valence-electron chi connectivity index (χ2n) is 16.3. The van der Waals surface area contributed by atoms with Crippen molar-refractivity contribution in [1.29, 1.82) is 0 Å². The van der Waals surface area contributed by atoms with Crippen molar-refractivity contribution in [2.75, 3.05) is 6.61 Å². The lowest BCUT2D eigenvalue weighted by molar-refractivity contribution is -0.355. The lowest BCUT2D eigenvalue weighted by atomic mass is 9.46. The molecule has 3 aliphatic heterocycles. The first-order chi connectivity index (χ1) is 20.7. The first-order valence-electron chi connectivity index (χ1n) is 17.0. The average Bonchev–Trinajstić information content (AvgIpc) is 3.38. The predicted octanol–water partition coefficient (Wildman–Crippen LogP) is 2.01. The third-order valence-corrected chi connectivity index (χ3v) is 14.4. The van der Waals surface area contributed by atoms with Crippen LogP contribution >= 0.6 is 0 Å². The molecule has 0 spiro atoms. The zero-order chi connectivity index (χ0) is 31.6. The molecule has 3 heterocycles. The predicted molar refractivity (Wildman–Crippen MR) is 158 cm³/mol. The fourth-order valence-electron chi connectivity index (χ4n) is 11.3. The van der Waals surface area contributed by atoms with E-state index in [1.165, 1.54) is 5.57 Å². The standard InChI is InChI=1S/C34H54O10/c1-16(23-14-32(3)34(5,44-32)30(42-23)43-29-28(40)27(39)26(38)24(15-35)41-29)20-8-9-21-19-7-6-17-12-18(36)13-25(37)33(17,4)22(19)10-11-31(20,21)2/h6,16,18-30,35-40H,7-15H2,1-5H3/t16-,18+,19+,20+,21+,22-,23+,24+,25+,26-,27+,28-,29+,30-,31+,32-,33-,34+/m1/s1. The minimum atomic E-state index is -1.53. The lowest BCUT2D eigenvalue weighted by Crippen LogP contribution is -2.61. The van der Waals surface area contributed by atoms with Gasteiger partial charge >= 0.3 is 0 Å². The number of aliphatic hydroxyl groups excluding tert-OH is 6. The van der Waals surface area contributed by atoms with Crippen molar-refractivity contribution >= 4 is 0 Å². The number of ether oxygens (including phenoxy) is 4. The van der Waals surface area contributed by atoms with Crippen molar-refractivity contribution in [2.45, 2.75) is 152 Å². The molecule has 0 radical (unpaired) electrons. The largest absolute Gasteiger partial charge is 0.394 e. The maximum absolute atomic E-state index is 11.3. The first kappa shape index (κ1) is 31.9. The second-order valence-corrected chi connectivity index (χ2v) is 16.3. The van der Waals surface area contributed by atoms with Gasteiger partial charge in [0.15, 0.2) is 12.6 Å². The topological polar surface area (TPSA) is 162 Å². The zero-order valence-electron chi connectivity index (χ0n) is 26.8. The minimum Gasteiger partial charge on any atom is -0.394 e. The van der Waals surface area contributed by atoms with Gasteiger partial charge in [0, 0.05) is 18.3 Å². The Bertz CT molecular complexity index is 1150. The van der Waals surface area contributed by atoms with E-state index in [9.17, 15) is 30.6 Å². The second kappa shape index (κ2) is 10.7. The molecule has 3 saturated heterocycles. The molecule has 0 aromatic carbocycles. The highest BCUT2D eigenvalue weighted by Crippen LogP contribution is 2.68. The molecule has 4 aliphatic carbocycles. The molecule has 18 atom stereocenters. The van der Waals surface area contributed by atoms with E-state index in [2.05, 4.69) is 33.8 Å².